The van der Waals surface area contributed by atoms with Gasteiger partial charge >= 0.3 is 5.97 Å². The van der Waals surface area contributed by atoms with E-state index in [1.807, 2.05) is 49.5 Å². The summed E-state index contributed by atoms with van der Waals surface area (Å²) in [6.07, 6.45) is 1.34. The average Bonchev–Trinajstić information content (AvgIpc) is 3.39. The van der Waals surface area contributed by atoms with E-state index in [2.05, 4.69) is 4.90 Å². The van der Waals surface area contributed by atoms with Gasteiger partial charge in [0, 0.05) is 36.8 Å². The van der Waals surface area contributed by atoms with E-state index in [4.69, 9.17) is 14.2 Å². The molecule has 0 saturated heterocycles. The summed E-state index contributed by atoms with van der Waals surface area (Å²) in [7, 11) is 3.49. The van der Waals surface area contributed by atoms with Gasteiger partial charge in [-0.1, -0.05) is 36.4 Å². The number of carbonyl (C=O) groups is 1. The number of pyridine rings is 1. The molecule has 0 bridgehead atoms. The summed E-state index contributed by atoms with van der Waals surface area (Å²) in [4.78, 5) is 30.4. The fourth-order valence-electron chi connectivity index (χ4n) is 5.06. The first-order valence-electron chi connectivity index (χ1n) is 14.0. The van der Waals surface area contributed by atoms with E-state index >= 15 is 0 Å². The molecule has 5 rings (SSSR count). The molecule has 0 aliphatic heterocycles. The third kappa shape index (κ3) is 6.72. The molecule has 0 atom stereocenters. The average molecular weight is 619 g/mol. The summed E-state index contributed by atoms with van der Waals surface area (Å²) in [6.45, 7) is 2.55. The maximum absolute atomic E-state index is 14.8. The minimum absolute atomic E-state index is 0.0668. The second kappa shape index (κ2) is 13.9. The summed E-state index contributed by atoms with van der Waals surface area (Å²) in [5.74, 6) is -1.63. The lowest BCUT2D eigenvalue weighted by Crippen LogP contribution is -2.23. The zero-order valence-corrected chi connectivity index (χ0v) is 25.5. The molecule has 0 aliphatic carbocycles. The number of nitrogens with zero attached hydrogens (tertiary/aromatic N) is 2. The van der Waals surface area contributed by atoms with Crippen molar-refractivity contribution in [3.05, 3.63) is 123 Å². The number of aromatic nitrogens is 1. The van der Waals surface area contributed by atoms with Crippen molar-refractivity contribution in [2.75, 3.05) is 27.6 Å². The van der Waals surface area contributed by atoms with E-state index in [1.54, 1.807) is 23.6 Å². The Morgan fingerprint density at radius 2 is 1.64 bits per heavy atom. The van der Waals surface area contributed by atoms with Gasteiger partial charge in [-0.3, -0.25) is 9.69 Å². The molecule has 7 nitrogen and oxygen atoms in total. The van der Waals surface area contributed by atoms with Gasteiger partial charge in [-0.2, -0.15) is 0 Å². The molecule has 5 aromatic rings. The summed E-state index contributed by atoms with van der Waals surface area (Å²) >= 11 is 1.33. The second-order valence-corrected chi connectivity index (χ2v) is 11.2. The predicted molar refractivity (Wildman–Crippen MR) is 167 cm³/mol. The Morgan fingerprint density at radius 3 is 2.30 bits per heavy atom. The van der Waals surface area contributed by atoms with Crippen LogP contribution >= 0.6 is 11.3 Å². The smallest absolute Gasteiger partial charge is 0.343 e. The molecule has 0 fully saturated rings. The summed E-state index contributed by atoms with van der Waals surface area (Å²) < 4.78 is 47.0. The lowest BCUT2D eigenvalue weighted by atomic mass is 10.0. The maximum atomic E-state index is 14.8. The van der Waals surface area contributed by atoms with E-state index in [1.165, 1.54) is 42.8 Å². The Morgan fingerprint density at radius 1 is 0.932 bits per heavy atom. The standard InChI is InChI=1S/C34H32F2N2O5S/c1-4-42-34(40)27-20-38(19-25-28(35)11-8-12-29(25)36)33-30(31(27)39)26(18-37(2)17-22-9-6-5-7-10-22)32(44-33)23-13-15-24(16-14-23)43-21-41-3/h5-16,20H,4,17-19,21H2,1-3H3. The molecule has 0 unspecified atom stereocenters. The normalized spacial score (nSPS) is 11.3. The fraction of sp³-hybridized carbons (Fsp3) is 0.235. The number of carbonyl (C=O) groups excluding carboxylic acids is 1. The van der Waals surface area contributed by atoms with Crippen LogP contribution in [0.15, 0.2) is 83.8 Å². The molecule has 0 saturated carbocycles. The number of hydrogen-bond acceptors (Lipinski definition) is 7. The predicted octanol–water partition coefficient (Wildman–Crippen LogP) is 6.85. The number of rotatable bonds is 12. The van der Waals surface area contributed by atoms with E-state index < -0.39 is 23.0 Å². The number of hydrogen-bond donors (Lipinski definition) is 0. The van der Waals surface area contributed by atoms with Gasteiger partial charge in [-0.25, -0.2) is 13.6 Å². The third-order valence-electron chi connectivity index (χ3n) is 7.07. The Labute approximate surface area is 257 Å². The topological polar surface area (TPSA) is 70.0 Å². The zero-order chi connectivity index (χ0) is 31.2. The van der Waals surface area contributed by atoms with E-state index in [0.29, 0.717) is 34.6 Å². The number of benzene rings is 3. The molecule has 0 radical (unpaired) electrons. The van der Waals surface area contributed by atoms with Crippen molar-refractivity contribution in [3.8, 4) is 16.2 Å². The molecule has 2 heterocycles. The van der Waals surface area contributed by atoms with Gasteiger partial charge in [0.25, 0.3) is 0 Å². The van der Waals surface area contributed by atoms with Gasteiger partial charge in [-0.05, 0) is 67.1 Å². The number of fused-ring (bicyclic) bond motifs is 1. The molecule has 0 N–H and O–H groups in total. The Balaban J connectivity index is 1.72. The number of halogens is 2. The van der Waals surface area contributed by atoms with Crippen LogP contribution in [0.4, 0.5) is 8.78 Å². The summed E-state index contributed by atoms with van der Waals surface area (Å²) in [5.41, 5.74) is 1.75. The first-order valence-corrected chi connectivity index (χ1v) is 14.9. The summed E-state index contributed by atoms with van der Waals surface area (Å²) in [6, 6.07) is 21.0. The van der Waals surface area contributed by atoms with Gasteiger partial charge in [0.15, 0.2) is 6.79 Å². The lowest BCUT2D eigenvalue weighted by molar-refractivity contribution is 0.0510. The Kier molecular flexibility index (Phi) is 9.84. The van der Waals surface area contributed by atoms with Crippen LogP contribution in [0.1, 0.15) is 34.0 Å². The number of methoxy groups -OCH3 is 1. The number of thiophene rings is 1. The molecule has 228 valence electrons. The van der Waals surface area contributed by atoms with Crippen molar-refractivity contribution in [2.24, 2.45) is 0 Å². The SMILES string of the molecule is CCOC(=O)c1cn(Cc2c(F)cccc2F)c2sc(-c3ccc(OCOC)cc3)c(CN(C)Cc3ccccc3)c2c1=O. The summed E-state index contributed by atoms with van der Waals surface area (Å²) in [5, 5.41) is 0.312. The van der Waals surface area contributed by atoms with E-state index in [-0.39, 0.29) is 31.1 Å². The molecule has 0 aliphatic rings. The molecular weight excluding hydrogens is 586 g/mol. The van der Waals surface area contributed by atoms with Gasteiger partial charge in [-0.15, -0.1) is 11.3 Å². The molecule has 3 aromatic carbocycles. The lowest BCUT2D eigenvalue weighted by Gasteiger charge is -2.18. The molecule has 0 spiro atoms. The van der Waals surface area contributed by atoms with Crippen LogP contribution in [-0.2, 0) is 29.1 Å². The minimum Gasteiger partial charge on any atom is -0.468 e. The maximum Gasteiger partial charge on any atom is 0.343 e. The number of esters is 1. The fourth-order valence-corrected chi connectivity index (χ4v) is 6.35. The van der Waals surface area contributed by atoms with Crippen molar-refractivity contribution >= 4 is 27.5 Å². The monoisotopic (exact) mass is 618 g/mol. The van der Waals surface area contributed by atoms with E-state index in [0.717, 1.165) is 16.0 Å². The molecule has 0 amide bonds. The van der Waals surface area contributed by atoms with Crippen LogP contribution in [0.25, 0.3) is 20.7 Å². The highest BCUT2D eigenvalue weighted by Crippen LogP contribution is 2.39. The highest BCUT2D eigenvalue weighted by atomic mass is 32.1. The third-order valence-corrected chi connectivity index (χ3v) is 8.39. The zero-order valence-electron chi connectivity index (χ0n) is 24.6. The van der Waals surface area contributed by atoms with Gasteiger partial charge in [0.1, 0.15) is 27.8 Å². The van der Waals surface area contributed by atoms with Crippen LogP contribution < -0.4 is 10.2 Å². The van der Waals surface area contributed by atoms with Gasteiger partial charge < -0.3 is 18.8 Å². The van der Waals surface area contributed by atoms with Crippen molar-refractivity contribution in [3.63, 3.8) is 0 Å². The van der Waals surface area contributed by atoms with Gasteiger partial charge in [0.2, 0.25) is 5.43 Å². The molecule has 44 heavy (non-hydrogen) atoms. The molecular formula is C34H32F2N2O5S. The first-order chi connectivity index (χ1) is 21.3. The Hall–Kier alpha value is -4.38. The second-order valence-electron chi connectivity index (χ2n) is 10.2. The molecule has 10 heteroatoms. The van der Waals surface area contributed by atoms with Crippen LogP contribution in [0.3, 0.4) is 0 Å². The minimum atomic E-state index is -0.793. The first kappa shape index (κ1) is 31.1. The van der Waals surface area contributed by atoms with Crippen LogP contribution in [0, 0.1) is 11.6 Å². The van der Waals surface area contributed by atoms with Crippen molar-refractivity contribution in [1.82, 2.24) is 9.47 Å². The number of ether oxygens (including phenoxy) is 3. The van der Waals surface area contributed by atoms with Crippen molar-refractivity contribution < 1.29 is 27.8 Å². The quantitative estimate of drug-likeness (QED) is 0.113. The van der Waals surface area contributed by atoms with Crippen LogP contribution in [0.5, 0.6) is 5.75 Å². The Bertz CT molecular complexity index is 1800. The highest BCUT2D eigenvalue weighted by Gasteiger charge is 2.25. The largest absolute Gasteiger partial charge is 0.468 e. The van der Waals surface area contributed by atoms with Crippen molar-refractivity contribution in [1.29, 1.82) is 0 Å². The van der Waals surface area contributed by atoms with Gasteiger partial charge in [0.05, 0.1) is 18.5 Å². The van der Waals surface area contributed by atoms with Crippen molar-refractivity contribution in [2.45, 2.75) is 26.6 Å². The van der Waals surface area contributed by atoms with Crippen LogP contribution in [-0.4, -0.2) is 43.0 Å². The van der Waals surface area contributed by atoms with E-state index in [9.17, 15) is 18.4 Å². The highest BCUT2D eigenvalue weighted by molar-refractivity contribution is 7.22. The molecule has 2 aromatic heterocycles. The van der Waals surface area contributed by atoms with Crippen LogP contribution in [0.2, 0.25) is 0 Å².